The van der Waals surface area contributed by atoms with Gasteiger partial charge < -0.3 is 15.4 Å². The molecular weight excluding hydrogens is 456 g/mol. The van der Waals surface area contributed by atoms with Crippen molar-refractivity contribution in [2.24, 2.45) is 5.92 Å². The van der Waals surface area contributed by atoms with Gasteiger partial charge >= 0.3 is 0 Å². The summed E-state index contributed by atoms with van der Waals surface area (Å²) in [4.78, 5) is 25.2. The van der Waals surface area contributed by atoms with Crippen LogP contribution < -0.4 is 15.4 Å². The van der Waals surface area contributed by atoms with Crippen LogP contribution in [0.2, 0.25) is 0 Å². The van der Waals surface area contributed by atoms with Crippen LogP contribution in [0.3, 0.4) is 0 Å². The lowest BCUT2D eigenvalue weighted by Gasteiger charge is -2.14. The Kier molecular flexibility index (Phi) is 7.84. The van der Waals surface area contributed by atoms with Crippen LogP contribution in [0.25, 0.3) is 0 Å². The summed E-state index contributed by atoms with van der Waals surface area (Å²) >= 11 is 3.41. The predicted octanol–water partition coefficient (Wildman–Crippen LogP) is 5.67. The minimum Gasteiger partial charge on any atom is -0.492 e. The Morgan fingerprint density at radius 2 is 1.65 bits per heavy atom. The SMILES string of the molecule is CC(C)COc1ccc(Br)cc1C(=O)Nc1ccc(C(=O)NCc2ccccc2)cc1. The third kappa shape index (κ3) is 6.69. The number of halogens is 1. The molecule has 160 valence electrons. The van der Waals surface area contributed by atoms with E-state index in [-0.39, 0.29) is 11.8 Å². The van der Waals surface area contributed by atoms with Gasteiger partial charge in [-0.15, -0.1) is 0 Å². The van der Waals surface area contributed by atoms with Crippen molar-refractivity contribution in [1.82, 2.24) is 5.32 Å². The first kappa shape index (κ1) is 22.6. The highest BCUT2D eigenvalue weighted by atomic mass is 79.9. The van der Waals surface area contributed by atoms with E-state index >= 15 is 0 Å². The van der Waals surface area contributed by atoms with Crippen LogP contribution in [0.15, 0.2) is 77.3 Å². The van der Waals surface area contributed by atoms with Gasteiger partial charge in [-0.1, -0.05) is 60.1 Å². The Morgan fingerprint density at radius 3 is 2.32 bits per heavy atom. The van der Waals surface area contributed by atoms with E-state index in [1.54, 1.807) is 36.4 Å². The maximum Gasteiger partial charge on any atom is 0.259 e. The fourth-order valence-electron chi connectivity index (χ4n) is 2.85. The summed E-state index contributed by atoms with van der Waals surface area (Å²) in [5, 5.41) is 5.76. The van der Waals surface area contributed by atoms with Gasteiger partial charge in [-0.2, -0.15) is 0 Å². The van der Waals surface area contributed by atoms with Crippen molar-refractivity contribution < 1.29 is 14.3 Å². The van der Waals surface area contributed by atoms with Crippen LogP contribution in [0.5, 0.6) is 5.75 Å². The van der Waals surface area contributed by atoms with Gasteiger partial charge in [0.15, 0.2) is 0 Å². The van der Waals surface area contributed by atoms with Gasteiger partial charge in [-0.25, -0.2) is 0 Å². The fourth-order valence-corrected chi connectivity index (χ4v) is 3.21. The predicted molar refractivity (Wildman–Crippen MR) is 126 cm³/mol. The van der Waals surface area contributed by atoms with Gasteiger partial charge in [0, 0.05) is 22.3 Å². The topological polar surface area (TPSA) is 67.4 Å². The lowest BCUT2D eigenvalue weighted by molar-refractivity contribution is 0.0950. The molecule has 31 heavy (non-hydrogen) atoms. The van der Waals surface area contributed by atoms with E-state index in [1.807, 2.05) is 36.4 Å². The summed E-state index contributed by atoms with van der Waals surface area (Å²) in [5.74, 6) is 0.436. The molecule has 3 rings (SSSR count). The highest BCUT2D eigenvalue weighted by Gasteiger charge is 2.15. The van der Waals surface area contributed by atoms with Crippen molar-refractivity contribution in [2.45, 2.75) is 20.4 Å². The third-order valence-corrected chi connectivity index (χ3v) is 4.95. The molecule has 3 aromatic rings. The summed E-state index contributed by atoms with van der Waals surface area (Å²) in [6.45, 7) is 5.08. The molecule has 0 radical (unpaired) electrons. The zero-order chi connectivity index (χ0) is 22.2. The first-order valence-corrected chi connectivity index (χ1v) is 10.9. The molecule has 0 spiro atoms. The summed E-state index contributed by atoms with van der Waals surface area (Å²) in [6.07, 6.45) is 0. The van der Waals surface area contributed by atoms with Crippen LogP contribution >= 0.6 is 15.9 Å². The molecule has 0 saturated carbocycles. The molecule has 5 nitrogen and oxygen atoms in total. The Morgan fingerprint density at radius 1 is 0.935 bits per heavy atom. The van der Waals surface area contributed by atoms with Crippen LogP contribution in [0.4, 0.5) is 5.69 Å². The highest BCUT2D eigenvalue weighted by molar-refractivity contribution is 9.10. The number of amides is 2. The van der Waals surface area contributed by atoms with Crippen molar-refractivity contribution >= 4 is 33.4 Å². The van der Waals surface area contributed by atoms with E-state index in [4.69, 9.17) is 4.74 Å². The van der Waals surface area contributed by atoms with Gasteiger partial charge in [-0.05, 0) is 53.9 Å². The van der Waals surface area contributed by atoms with E-state index in [0.29, 0.717) is 41.6 Å². The second kappa shape index (κ2) is 10.8. The van der Waals surface area contributed by atoms with E-state index in [1.165, 1.54) is 0 Å². The normalized spacial score (nSPS) is 10.6. The van der Waals surface area contributed by atoms with Crippen LogP contribution in [0.1, 0.15) is 40.1 Å². The number of rotatable bonds is 8. The third-order valence-electron chi connectivity index (χ3n) is 4.46. The molecule has 2 N–H and O–H groups in total. The quantitative estimate of drug-likeness (QED) is 0.436. The van der Waals surface area contributed by atoms with E-state index in [2.05, 4.69) is 40.4 Å². The molecule has 0 aliphatic rings. The minimum absolute atomic E-state index is 0.168. The molecule has 0 aromatic heterocycles. The van der Waals surface area contributed by atoms with Crippen LogP contribution in [0, 0.1) is 5.92 Å². The van der Waals surface area contributed by atoms with Crippen molar-refractivity contribution in [3.8, 4) is 5.75 Å². The van der Waals surface area contributed by atoms with Crippen molar-refractivity contribution in [3.05, 3.63) is 94.0 Å². The Balaban J connectivity index is 1.63. The average Bonchev–Trinajstić information content (AvgIpc) is 2.77. The van der Waals surface area contributed by atoms with Crippen molar-refractivity contribution in [1.29, 1.82) is 0 Å². The van der Waals surface area contributed by atoms with Crippen molar-refractivity contribution in [2.75, 3.05) is 11.9 Å². The molecule has 2 amide bonds. The monoisotopic (exact) mass is 480 g/mol. The maximum atomic E-state index is 12.8. The first-order valence-electron chi connectivity index (χ1n) is 10.1. The average molecular weight is 481 g/mol. The molecule has 0 unspecified atom stereocenters. The second-order valence-electron chi connectivity index (χ2n) is 7.55. The molecule has 0 aliphatic heterocycles. The zero-order valence-electron chi connectivity index (χ0n) is 17.5. The summed E-state index contributed by atoms with van der Waals surface area (Å²) < 4.78 is 6.58. The Bertz CT molecular complexity index is 1030. The molecular formula is C25H25BrN2O3. The smallest absolute Gasteiger partial charge is 0.259 e. The minimum atomic E-state index is -0.277. The van der Waals surface area contributed by atoms with Gasteiger partial charge in [-0.3, -0.25) is 9.59 Å². The van der Waals surface area contributed by atoms with Gasteiger partial charge in [0.05, 0.1) is 12.2 Å². The standard InChI is InChI=1S/C25H25BrN2O3/c1-17(2)16-31-23-13-10-20(26)14-22(23)25(30)28-21-11-8-19(9-12-21)24(29)27-15-18-6-4-3-5-7-18/h3-14,17H,15-16H2,1-2H3,(H,27,29)(H,28,30). The number of nitrogens with one attached hydrogen (secondary N) is 2. The number of carbonyl (C=O) groups is 2. The number of ether oxygens (including phenoxy) is 1. The number of anilines is 1. The van der Waals surface area contributed by atoms with Gasteiger partial charge in [0.1, 0.15) is 5.75 Å². The second-order valence-corrected chi connectivity index (χ2v) is 8.46. The zero-order valence-corrected chi connectivity index (χ0v) is 19.1. The lowest BCUT2D eigenvalue weighted by atomic mass is 10.1. The molecule has 6 heteroatoms. The van der Waals surface area contributed by atoms with E-state index < -0.39 is 0 Å². The number of carbonyl (C=O) groups excluding carboxylic acids is 2. The summed E-state index contributed by atoms with van der Waals surface area (Å²) in [6, 6.07) is 21.9. The number of hydrogen-bond donors (Lipinski definition) is 2. The highest BCUT2D eigenvalue weighted by Crippen LogP contribution is 2.25. The van der Waals surface area contributed by atoms with E-state index in [0.717, 1.165) is 10.0 Å². The molecule has 0 atom stereocenters. The first-order chi connectivity index (χ1) is 14.9. The van der Waals surface area contributed by atoms with Crippen LogP contribution in [-0.2, 0) is 6.54 Å². The number of hydrogen-bond acceptors (Lipinski definition) is 3. The largest absolute Gasteiger partial charge is 0.492 e. The Labute approximate surface area is 191 Å². The molecule has 0 aliphatic carbocycles. The van der Waals surface area contributed by atoms with Crippen molar-refractivity contribution in [3.63, 3.8) is 0 Å². The molecule has 0 bridgehead atoms. The Hall–Kier alpha value is -3.12. The summed E-state index contributed by atoms with van der Waals surface area (Å²) in [5.41, 5.74) is 2.60. The van der Waals surface area contributed by atoms with E-state index in [9.17, 15) is 9.59 Å². The fraction of sp³-hybridized carbons (Fsp3) is 0.200. The maximum absolute atomic E-state index is 12.8. The molecule has 0 heterocycles. The molecule has 3 aromatic carbocycles. The molecule has 0 fully saturated rings. The number of benzene rings is 3. The molecule has 0 saturated heterocycles. The summed E-state index contributed by atoms with van der Waals surface area (Å²) in [7, 11) is 0. The van der Waals surface area contributed by atoms with Crippen LogP contribution in [-0.4, -0.2) is 18.4 Å². The van der Waals surface area contributed by atoms with Gasteiger partial charge in [0.2, 0.25) is 0 Å². The van der Waals surface area contributed by atoms with Gasteiger partial charge in [0.25, 0.3) is 11.8 Å². The lowest BCUT2D eigenvalue weighted by Crippen LogP contribution is -2.22.